The molecule has 0 bridgehead atoms. The number of H-pyrrole nitrogens is 1. The lowest BCUT2D eigenvalue weighted by molar-refractivity contribution is -0.116. The molecule has 5 nitrogen and oxygen atoms in total. The quantitative estimate of drug-likeness (QED) is 0.664. The van der Waals surface area contributed by atoms with Crippen molar-refractivity contribution in [3.63, 3.8) is 0 Å². The Morgan fingerprint density at radius 2 is 2.12 bits per heavy atom. The van der Waals surface area contributed by atoms with Gasteiger partial charge in [0.05, 0.1) is 11.8 Å². The van der Waals surface area contributed by atoms with Crippen LogP contribution in [0.5, 0.6) is 0 Å². The van der Waals surface area contributed by atoms with Crippen LogP contribution in [0.2, 0.25) is 0 Å². The SMILES string of the molecule is CCc1c(C)sc2[nH]c(=S)n(NC(=O)Cc3ccc(F)cc3F)c(=O)c12. The summed E-state index contributed by atoms with van der Waals surface area (Å²) in [5.41, 5.74) is 2.88. The number of halogens is 2. The molecule has 0 aliphatic rings. The van der Waals surface area contributed by atoms with Gasteiger partial charge in [-0.15, -0.1) is 11.3 Å². The summed E-state index contributed by atoms with van der Waals surface area (Å²) in [5, 5.41) is 0.483. The van der Waals surface area contributed by atoms with Gasteiger partial charge < -0.3 is 4.98 Å². The number of hydrogen-bond acceptors (Lipinski definition) is 4. The van der Waals surface area contributed by atoms with Gasteiger partial charge in [-0.05, 0) is 42.8 Å². The Kier molecular flexibility index (Phi) is 5.01. The van der Waals surface area contributed by atoms with Gasteiger partial charge in [-0.25, -0.2) is 8.78 Å². The van der Waals surface area contributed by atoms with E-state index in [4.69, 9.17) is 12.2 Å². The number of carbonyl (C=O) groups is 1. The maximum atomic E-state index is 13.7. The van der Waals surface area contributed by atoms with Crippen LogP contribution in [-0.2, 0) is 17.6 Å². The molecular formula is C17H15F2N3O2S2. The lowest BCUT2D eigenvalue weighted by Gasteiger charge is -2.09. The molecule has 0 saturated carbocycles. The standard InChI is InChI=1S/C17H15F2N3O2S2/c1-3-11-8(2)26-15-14(11)16(24)22(17(25)20-15)21-13(23)6-9-4-5-10(18)7-12(9)19/h4-5,7H,3,6H2,1-2H3,(H,20,25)(H,21,23). The third-order valence-electron chi connectivity index (χ3n) is 4.01. The van der Waals surface area contributed by atoms with E-state index >= 15 is 0 Å². The highest BCUT2D eigenvalue weighted by molar-refractivity contribution is 7.71. The second kappa shape index (κ2) is 7.08. The molecule has 0 unspecified atom stereocenters. The van der Waals surface area contributed by atoms with Crippen molar-refractivity contribution in [3.8, 4) is 0 Å². The van der Waals surface area contributed by atoms with Crippen LogP contribution >= 0.6 is 23.6 Å². The molecule has 2 N–H and O–H groups in total. The van der Waals surface area contributed by atoms with Crippen molar-refractivity contribution < 1.29 is 13.6 Å². The second-order valence-electron chi connectivity index (χ2n) is 5.71. The number of amides is 1. The summed E-state index contributed by atoms with van der Waals surface area (Å²) in [6.45, 7) is 3.86. The number of rotatable bonds is 4. The molecule has 1 aromatic carbocycles. The highest BCUT2D eigenvalue weighted by Crippen LogP contribution is 2.27. The summed E-state index contributed by atoms with van der Waals surface area (Å²) in [4.78, 5) is 29.6. The van der Waals surface area contributed by atoms with E-state index in [1.165, 1.54) is 17.4 Å². The first-order valence-corrected chi connectivity index (χ1v) is 9.05. The molecule has 26 heavy (non-hydrogen) atoms. The van der Waals surface area contributed by atoms with Crippen LogP contribution in [0.15, 0.2) is 23.0 Å². The molecule has 3 rings (SSSR count). The Hall–Kier alpha value is -2.39. The predicted molar refractivity (Wildman–Crippen MR) is 99.8 cm³/mol. The molecule has 0 fully saturated rings. The van der Waals surface area contributed by atoms with Crippen LogP contribution in [0.4, 0.5) is 8.78 Å². The number of nitrogens with one attached hydrogen (secondary N) is 2. The van der Waals surface area contributed by atoms with Crippen molar-refractivity contribution >= 4 is 39.7 Å². The van der Waals surface area contributed by atoms with Crippen LogP contribution in [0.3, 0.4) is 0 Å². The summed E-state index contributed by atoms with van der Waals surface area (Å²) in [7, 11) is 0. The van der Waals surface area contributed by atoms with Crippen molar-refractivity contribution in [1.82, 2.24) is 9.66 Å². The zero-order valence-electron chi connectivity index (χ0n) is 14.0. The van der Waals surface area contributed by atoms with Gasteiger partial charge >= 0.3 is 0 Å². The number of benzene rings is 1. The highest BCUT2D eigenvalue weighted by Gasteiger charge is 2.16. The van der Waals surface area contributed by atoms with E-state index in [1.807, 2.05) is 13.8 Å². The van der Waals surface area contributed by atoms with Gasteiger partial charge in [0.25, 0.3) is 5.56 Å². The van der Waals surface area contributed by atoms with Crippen molar-refractivity contribution in [1.29, 1.82) is 0 Å². The first-order chi connectivity index (χ1) is 12.3. The minimum Gasteiger partial charge on any atom is -0.322 e. The molecule has 0 aliphatic heterocycles. The monoisotopic (exact) mass is 395 g/mol. The normalized spacial score (nSPS) is 11.1. The first kappa shape index (κ1) is 18.4. The molecule has 0 atom stereocenters. The first-order valence-electron chi connectivity index (χ1n) is 7.83. The summed E-state index contributed by atoms with van der Waals surface area (Å²) >= 11 is 6.59. The Morgan fingerprint density at radius 3 is 2.77 bits per heavy atom. The molecular weight excluding hydrogens is 380 g/mol. The van der Waals surface area contributed by atoms with Crippen LogP contribution in [-0.4, -0.2) is 15.6 Å². The number of thiophene rings is 1. The number of carbonyl (C=O) groups excluding carboxylic acids is 1. The smallest absolute Gasteiger partial charge is 0.282 e. The van der Waals surface area contributed by atoms with Gasteiger partial charge in [0.15, 0.2) is 0 Å². The molecule has 0 aliphatic carbocycles. The lowest BCUT2D eigenvalue weighted by Crippen LogP contribution is -2.35. The van der Waals surface area contributed by atoms with E-state index in [0.717, 1.165) is 21.2 Å². The second-order valence-corrected chi connectivity index (χ2v) is 7.32. The summed E-state index contributed by atoms with van der Waals surface area (Å²) in [6.07, 6.45) is 0.315. The maximum Gasteiger partial charge on any atom is 0.282 e. The Bertz CT molecular complexity index is 1130. The van der Waals surface area contributed by atoms with Crippen molar-refractivity contribution in [3.05, 3.63) is 61.0 Å². The van der Waals surface area contributed by atoms with Gasteiger partial charge in [-0.2, -0.15) is 4.68 Å². The molecule has 1 amide bonds. The third-order valence-corrected chi connectivity index (χ3v) is 5.35. The van der Waals surface area contributed by atoms with Gasteiger partial charge in [0, 0.05) is 10.9 Å². The minimum absolute atomic E-state index is 0.0218. The molecule has 0 saturated heterocycles. The van der Waals surface area contributed by atoms with Gasteiger partial charge in [0.1, 0.15) is 16.5 Å². The number of hydrogen-bond donors (Lipinski definition) is 2. The number of fused-ring (bicyclic) bond motifs is 1. The van der Waals surface area contributed by atoms with E-state index in [-0.39, 0.29) is 16.8 Å². The van der Waals surface area contributed by atoms with Crippen LogP contribution in [0, 0.1) is 23.3 Å². The summed E-state index contributed by atoms with van der Waals surface area (Å²) < 4.78 is 27.7. The largest absolute Gasteiger partial charge is 0.322 e. The molecule has 0 radical (unpaired) electrons. The average Bonchev–Trinajstić information content (AvgIpc) is 2.89. The van der Waals surface area contributed by atoms with Crippen LogP contribution < -0.4 is 11.0 Å². The fourth-order valence-electron chi connectivity index (χ4n) is 2.78. The topological polar surface area (TPSA) is 66.9 Å². The number of aromatic nitrogens is 2. The van der Waals surface area contributed by atoms with Gasteiger partial charge in [-0.1, -0.05) is 13.0 Å². The predicted octanol–water partition coefficient (Wildman–Crippen LogP) is 3.58. The number of aryl methyl sites for hydroxylation is 2. The van der Waals surface area contributed by atoms with E-state index < -0.39 is 23.1 Å². The van der Waals surface area contributed by atoms with Crippen molar-refractivity contribution in [2.75, 3.05) is 5.43 Å². The summed E-state index contributed by atoms with van der Waals surface area (Å²) in [6, 6.07) is 2.96. The van der Waals surface area contributed by atoms with E-state index in [9.17, 15) is 18.4 Å². The molecule has 2 aromatic heterocycles. The molecule has 9 heteroatoms. The molecule has 0 spiro atoms. The minimum atomic E-state index is -0.824. The Labute approximate surface area is 156 Å². The molecule has 2 heterocycles. The van der Waals surface area contributed by atoms with Crippen LogP contribution in [0.1, 0.15) is 22.9 Å². The number of nitrogens with zero attached hydrogens (tertiary/aromatic N) is 1. The Balaban J connectivity index is 1.96. The fourth-order valence-corrected chi connectivity index (χ4v) is 4.21. The zero-order valence-corrected chi connectivity index (χ0v) is 15.6. The fraction of sp³-hybridized carbons (Fsp3) is 0.235. The van der Waals surface area contributed by atoms with Crippen molar-refractivity contribution in [2.45, 2.75) is 26.7 Å². The molecule has 3 aromatic rings. The van der Waals surface area contributed by atoms with Crippen molar-refractivity contribution in [2.24, 2.45) is 0 Å². The maximum absolute atomic E-state index is 13.7. The molecule has 136 valence electrons. The number of aromatic amines is 1. The average molecular weight is 395 g/mol. The van der Waals surface area contributed by atoms with Gasteiger partial charge in [-0.3, -0.25) is 15.0 Å². The highest BCUT2D eigenvalue weighted by atomic mass is 32.1. The van der Waals surface area contributed by atoms with Crippen LogP contribution in [0.25, 0.3) is 10.2 Å². The van der Waals surface area contributed by atoms with E-state index in [0.29, 0.717) is 22.7 Å². The van der Waals surface area contributed by atoms with Gasteiger partial charge in [0.2, 0.25) is 10.7 Å². The lowest BCUT2D eigenvalue weighted by atomic mass is 10.1. The van der Waals surface area contributed by atoms with E-state index in [1.54, 1.807) is 0 Å². The summed E-state index contributed by atoms with van der Waals surface area (Å²) in [5.74, 6) is -2.19. The van der Waals surface area contributed by atoms with E-state index in [2.05, 4.69) is 10.4 Å². The third kappa shape index (κ3) is 3.32. The zero-order chi connectivity index (χ0) is 19.0. The Morgan fingerprint density at radius 1 is 1.38 bits per heavy atom.